The third-order valence-corrected chi connectivity index (χ3v) is 4.93. The van der Waals surface area contributed by atoms with E-state index in [2.05, 4.69) is 31.0 Å². The second-order valence-corrected chi connectivity index (χ2v) is 6.39. The number of hydrogen-bond acceptors (Lipinski definition) is 3. The van der Waals surface area contributed by atoms with E-state index in [9.17, 15) is 5.11 Å². The summed E-state index contributed by atoms with van der Waals surface area (Å²) in [6, 6.07) is 8.72. The molecular weight excluding hydrogens is 262 g/mol. The van der Waals surface area contributed by atoms with E-state index in [4.69, 9.17) is 4.74 Å². The van der Waals surface area contributed by atoms with E-state index in [-0.39, 0.29) is 6.10 Å². The zero-order valence-corrected chi connectivity index (χ0v) is 13.6. The second-order valence-electron chi connectivity index (χ2n) is 6.39. The van der Waals surface area contributed by atoms with Crippen LogP contribution < -0.4 is 4.74 Å². The van der Waals surface area contributed by atoms with E-state index in [1.54, 1.807) is 7.11 Å². The van der Waals surface area contributed by atoms with Crippen molar-refractivity contribution in [1.29, 1.82) is 0 Å². The zero-order valence-electron chi connectivity index (χ0n) is 13.6. The molecule has 0 spiro atoms. The van der Waals surface area contributed by atoms with Gasteiger partial charge in [0, 0.05) is 6.04 Å². The molecule has 1 N–H and O–H groups in total. The Morgan fingerprint density at radius 1 is 1.33 bits per heavy atom. The van der Waals surface area contributed by atoms with Gasteiger partial charge >= 0.3 is 0 Å². The molecule has 21 heavy (non-hydrogen) atoms. The van der Waals surface area contributed by atoms with E-state index < -0.39 is 0 Å². The normalized spacial score (nSPS) is 23.5. The first-order valence-electron chi connectivity index (χ1n) is 8.12. The lowest BCUT2D eigenvalue weighted by molar-refractivity contribution is 0.116. The number of benzene rings is 1. The summed E-state index contributed by atoms with van der Waals surface area (Å²) >= 11 is 0. The molecule has 0 radical (unpaired) electrons. The molecule has 3 nitrogen and oxygen atoms in total. The molecule has 1 aromatic carbocycles. The van der Waals surface area contributed by atoms with E-state index in [1.165, 1.54) is 18.4 Å². The Kier molecular flexibility index (Phi) is 6.07. The van der Waals surface area contributed by atoms with Crippen molar-refractivity contribution in [2.45, 2.75) is 51.2 Å². The van der Waals surface area contributed by atoms with Crippen LogP contribution >= 0.6 is 0 Å². The highest BCUT2D eigenvalue weighted by Gasteiger charge is 2.25. The number of methoxy groups -OCH3 is 1. The molecule has 3 atom stereocenters. The maximum absolute atomic E-state index is 9.91. The van der Waals surface area contributed by atoms with Crippen LogP contribution in [0.1, 0.15) is 38.2 Å². The summed E-state index contributed by atoms with van der Waals surface area (Å²) in [6.07, 6.45) is 5.40. The van der Waals surface area contributed by atoms with Gasteiger partial charge in [-0.05, 0) is 63.7 Å². The van der Waals surface area contributed by atoms with Gasteiger partial charge in [-0.2, -0.15) is 0 Å². The van der Waals surface area contributed by atoms with Gasteiger partial charge in [0.2, 0.25) is 0 Å². The van der Waals surface area contributed by atoms with Crippen LogP contribution in [0, 0.1) is 5.92 Å². The van der Waals surface area contributed by atoms with E-state index in [0.29, 0.717) is 12.0 Å². The maximum atomic E-state index is 9.91. The smallest absolute Gasteiger partial charge is 0.122 e. The summed E-state index contributed by atoms with van der Waals surface area (Å²) in [5.41, 5.74) is 1.26. The molecule has 1 saturated carbocycles. The van der Waals surface area contributed by atoms with Crippen LogP contribution in [0.4, 0.5) is 0 Å². The minimum Gasteiger partial charge on any atom is -0.496 e. The van der Waals surface area contributed by atoms with Crippen molar-refractivity contribution in [2.24, 2.45) is 5.92 Å². The Labute approximate surface area is 128 Å². The zero-order chi connectivity index (χ0) is 15.2. The molecule has 1 aliphatic carbocycles. The van der Waals surface area contributed by atoms with Crippen LogP contribution in [0.2, 0.25) is 0 Å². The van der Waals surface area contributed by atoms with E-state index >= 15 is 0 Å². The van der Waals surface area contributed by atoms with E-state index in [1.807, 2.05) is 12.1 Å². The first-order chi connectivity index (χ1) is 10.1. The fourth-order valence-corrected chi connectivity index (χ4v) is 3.29. The number of likely N-dealkylation sites (N-methyl/N-ethyl adjacent to an activating group) is 1. The largest absolute Gasteiger partial charge is 0.496 e. The predicted octanol–water partition coefficient (Wildman–Crippen LogP) is 3.11. The van der Waals surface area contributed by atoms with Crippen molar-refractivity contribution in [3.8, 4) is 5.75 Å². The fraction of sp³-hybridized carbons (Fsp3) is 0.667. The average molecular weight is 291 g/mol. The van der Waals surface area contributed by atoms with Crippen LogP contribution in [0.3, 0.4) is 0 Å². The Morgan fingerprint density at radius 3 is 2.76 bits per heavy atom. The first-order valence-corrected chi connectivity index (χ1v) is 8.12. The van der Waals surface area contributed by atoms with Gasteiger partial charge in [0.15, 0.2) is 0 Å². The predicted molar refractivity (Wildman–Crippen MR) is 86.8 cm³/mol. The Hall–Kier alpha value is -1.06. The summed E-state index contributed by atoms with van der Waals surface area (Å²) < 4.78 is 5.43. The van der Waals surface area contributed by atoms with Gasteiger partial charge in [0.1, 0.15) is 5.75 Å². The molecule has 3 heteroatoms. The molecule has 0 amide bonds. The van der Waals surface area contributed by atoms with Crippen molar-refractivity contribution >= 4 is 0 Å². The Balaban J connectivity index is 1.83. The molecule has 0 aromatic heterocycles. The SMILES string of the molecule is COc1ccccc1CC(C)N(C)CCC1CCCC1O. The van der Waals surface area contributed by atoms with Gasteiger partial charge in [-0.15, -0.1) is 0 Å². The highest BCUT2D eigenvalue weighted by atomic mass is 16.5. The van der Waals surface area contributed by atoms with Gasteiger partial charge < -0.3 is 14.7 Å². The molecular formula is C18H29NO2. The van der Waals surface area contributed by atoms with Crippen LogP contribution in [-0.4, -0.2) is 42.9 Å². The van der Waals surface area contributed by atoms with Crippen molar-refractivity contribution < 1.29 is 9.84 Å². The minimum atomic E-state index is -0.0667. The number of rotatable bonds is 7. The number of ether oxygens (including phenoxy) is 1. The van der Waals surface area contributed by atoms with Gasteiger partial charge in [0.25, 0.3) is 0 Å². The molecule has 0 bridgehead atoms. The molecule has 1 aromatic rings. The first kappa shape index (κ1) is 16.3. The fourth-order valence-electron chi connectivity index (χ4n) is 3.29. The molecule has 0 saturated heterocycles. The highest BCUT2D eigenvalue weighted by Crippen LogP contribution is 2.28. The van der Waals surface area contributed by atoms with Gasteiger partial charge in [-0.3, -0.25) is 0 Å². The van der Waals surface area contributed by atoms with Crippen LogP contribution in [0.5, 0.6) is 5.75 Å². The third-order valence-electron chi connectivity index (χ3n) is 4.93. The summed E-state index contributed by atoms with van der Waals surface area (Å²) in [4.78, 5) is 2.40. The highest BCUT2D eigenvalue weighted by molar-refractivity contribution is 5.33. The monoisotopic (exact) mass is 291 g/mol. The Morgan fingerprint density at radius 2 is 2.10 bits per heavy atom. The number of nitrogens with zero attached hydrogens (tertiary/aromatic N) is 1. The van der Waals surface area contributed by atoms with Crippen molar-refractivity contribution in [1.82, 2.24) is 4.90 Å². The number of aliphatic hydroxyl groups excluding tert-OH is 1. The molecule has 118 valence electrons. The molecule has 0 aliphatic heterocycles. The van der Waals surface area contributed by atoms with Gasteiger partial charge in [-0.25, -0.2) is 0 Å². The van der Waals surface area contributed by atoms with E-state index in [0.717, 1.165) is 31.6 Å². The number of hydrogen-bond donors (Lipinski definition) is 1. The Bertz CT molecular complexity index is 435. The summed E-state index contributed by atoms with van der Waals surface area (Å²) in [5.74, 6) is 1.48. The summed E-state index contributed by atoms with van der Waals surface area (Å²) in [6.45, 7) is 3.32. The second kappa shape index (κ2) is 7.81. The van der Waals surface area contributed by atoms with Gasteiger partial charge in [0.05, 0.1) is 13.2 Å². The van der Waals surface area contributed by atoms with Crippen LogP contribution in [-0.2, 0) is 6.42 Å². The molecule has 3 unspecified atom stereocenters. The summed E-state index contributed by atoms with van der Waals surface area (Å²) in [5, 5.41) is 9.91. The third kappa shape index (κ3) is 4.45. The van der Waals surface area contributed by atoms with Crippen LogP contribution in [0.25, 0.3) is 0 Å². The minimum absolute atomic E-state index is 0.0667. The average Bonchev–Trinajstić information content (AvgIpc) is 2.90. The van der Waals surface area contributed by atoms with Crippen LogP contribution in [0.15, 0.2) is 24.3 Å². The topological polar surface area (TPSA) is 32.7 Å². The summed E-state index contributed by atoms with van der Waals surface area (Å²) in [7, 11) is 3.91. The van der Waals surface area contributed by atoms with Gasteiger partial charge in [-0.1, -0.05) is 24.6 Å². The van der Waals surface area contributed by atoms with Crippen molar-refractivity contribution in [3.05, 3.63) is 29.8 Å². The van der Waals surface area contributed by atoms with Crippen molar-refractivity contribution in [3.63, 3.8) is 0 Å². The lowest BCUT2D eigenvalue weighted by Gasteiger charge is -2.27. The standard InChI is InChI=1S/C18H29NO2/c1-14(13-16-7-4-5-10-18(16)21-3)19(2)12-11-15-8-6-9-17(15)20/h4-5,7,10,14-15,17,20H,6,8-9,11-13H2,1-3H3. The molecule has 2 rings (SSSR count). The number of para-hydroxylation sites is 1. The number of aliphatic hydroxyl groups is 1. The lowest BCUT2D eigenvalue weighted by atomic mass is 10.0. The molecule has 0 heterocycles. The quantitative estimate of drug-likeness (QED) is 0.838. The van der Waals surface area contributed by atoms with Crippen molar-refractivity contribution in [2.75, 3.05) is 20.7 Å². The lowest BCUT2D eigenvalue weighted by Crippen LogP contribution is -2.33. The molecule has 1 aliphatic rings. The molecule has 1 fully saturated rings. The maximum Gasteiger partial charge on any atom is 0.122 e.